The van der Waals surface area contributed by atoms with Gasteiger partial charge in [0, 0.05) is 23.6 Å². The van der Waals surface area contributed by atoms with Crippen LogP contribution in [-0.4, -0.2) is 30.9 Å². The van der Waals surface area contributed by atoms with Crippen molar-refractivity contribution in [1.29, 1.82) is 0 Å². The molecule has 4 amide bonds. The summed E-state index contributed by atoms with van der Waals surface area (Å²) in [7, 11) is 0. The Balaban J connectivity index is 1.63. The molecule has 144 valence electrons. The second kappa shape index (κ2) is 7.63. The highest BCUT2D eigenvalue weighted by atomic mass is 79.9. The molecule has 0 atom stereocenters. The summed E-state index contributed by atoms with van der Waals surface area (Å²) in [6.45, 7) is 1.85. The van der Waals surface area contributed by atoms with Crippen molar-refractivity contribution in [3.8, 4) is 0 Å². The van der Waals surface area contributed by atoms with Crippen LogP contribution in [-0.2, 0) is 9.59 Å². The minimum absolute atomic E-state index is 0.154. The van der Waals surface area contributed by atoms with Crippen LogP contribution in [0, 0.1) is 0 Å². The largest absolute Gasteiger partial charge is 0.441 e. The molecule has 2 aromatic rings. The molecule has 0 radical (unpaired) electrons. The van der Waals surface area contributed by atoms with E-state index in [9.17, 15) is 14.4 Å². The number of amides is 4. The Hall–Kier alpha value is -2.87. The maximum absolute atomic E-state index is 12.9. The second-order valence-corrected chi connectivity index (χ2v) is 7.58. The summed E-state index contributed by atoms with van der Waals surface area (Å²) in [5, 5.41) is 2.21. The van der Waals surface area contributed by atoms with Crippen molar-refractivity contribution in [2.45, 2.75) is 19.3 Å². The lowest BCUT2D eigenvalue weighted by Gasteiger charge is -2.26. The summed E-state index contributed by atoms with van der Waals surface area (Å²) >= 11 is 3.32. The number of rotatable bonds is 3. The van der Waals surface area contributed by atoms with Crippen LogP contribution in [0.4, 0.5) is 16.4 Å². The van der Waals surface area contributed by atoms with Gasteiger partial charge in [-0.1, -0.05) is 22.0 Å². The molecule has 1 N–H and O–H groups in total. The van der Waals surface area contributed by atoms with Crippen LogP contribution in [0.2, 0.25) is 0 Å². The molecule has 7 nitrogen and oxygen atoms in total. The third-order valence-corrected chi connectivity index (χ3v) is 5.23. The number of anilines is 2. The SMILES string of the molecule is O=C1NC(=O)N(c2cccc(Br)c2)C(=O)C1=Cc1ccc(N2CCCCC2)o1. The first-order valence-corrected chi connectivity index (χ1v) is 9.84. The normalized spacial score (nSPS) is 19.3. The minimum Gasteiger partial charge on any atom is -0.441 e. The van der Waals surface area contributed by atoms with E-state index in [1.807, 2.05) is 6.07 Å². The van der Waals surface area contributed by atoms with Gasteiger partial charge in [0.15, 0.2) is 5.88 Å². The van der Waals surface area contributed by atoms with Crippen molar-refractivity contribution < 1.29 is 18.8 Å². The zero-order valence-corrected chi connectivity index (χ0v) is 16.6. The number of barbiturate groups is 1. The van der Waals surface area contributed by atoms with Gasteiger partial charge in [-0.15, -0.1) is 0 Å². The molecule has 2 fully saturated rings. The first-order chi connectivity index (χ1) is 13.5. The van der Waals surface area contributed by atoms with Gasteiger partial charge >= 0.3 is 6.03 Å². The summed E-state index contributed by atoms with van der Waals surface area (Å²) in [5.74, 6) is -0.322. The molecule has 2 aliphatic heterocycles. The molecule has 8 heteroatoms. The van der Waals surface area contributed by atoms with Gasteiger partial charge in [0.05, 0.1) is 5.69 Å². The molecular formula is C20H18BrN3O4. The van der Waals surface area contributed by atoms with E-state index in [-0.39, 0.29) is 5.57 Å². The molecule has 1 aromatic carbocycles. The predicted octanol–water partition coefficient (Wildman–Crippen LogP) is 3.70. The molecule has 3 heterocycles. The number of nitrogens with zero attached hydrogens (tertiary/aromatic N) is 2. The van der Waals surface area contributed by atoms with Crippen LogP contribution in [0.5, 0.6) is 0 Å². The molecule has 28 heavy (non-hydrogen) atoms. The maximum Gasteiger partial charge on any atom is 0.335 e. The molecule has 0 unspecified atom stereocenters. The number of hydrogen-bond donors (Lipinski definition) is 1. The van der Waals surface area contributed by atoms with Crippen molar-refractivity contribution in [3.05, 3.63) is 52.2 Å². The van der Waals surface area contributed by atoms with Gasteiger partial charge in [0.2, 0.25) is 0 Å². The number of carbonyl (C=O) groups is 3. The number of furan rings is 1. The molecule has 2 aliphatic rings. The van der Waals surface area contributed by atoms with E-state index in [1.165, 1.54) is 12.5 Å². The molecule has 0 spiro atoms. The van der Waals surface area contributed by atoms with Gasteiger partial charge in [-0.3, -0.25) is 14.9 Å². The molecular weight excluding hydrogens is 426 g/mol. The number of piperidine rings is 1. The lowest BCUT2D eigenvalue weighted by Crippen LogP contribution is -2.54. The molecule has 2 saturated heterocycles. The van der Waals surface area contributed by atoms with E-state index in [2.05, 4.69) is 26.1 Å². The Morgan fingerprint density at radius 3 is 2.57 bits per heavy atom. The third kappa shape index (κ3) is 3.60. The van der Waals surface area contributed by atoms with E-state index in [0.717, 1.165) is 36.7 Å². The van der Waals surface area contributed by atoms with Crippen molar-refractivity contribution in [2.75, 3.05) is 22.9 Å². The first kappa shape index (κ1) is 18.5. The van der Waals surface area contributed by atoms with Gasteiger partial charge in [0.1, 0.15) is 11.3 Å². The average Bonchev–Trinajstić information content (AvgIpc) is 3.14. The molecule has 1 aromatic heterocycles. The number of carbonyl (C=O) groups excluding carboxylic acids is 3. The Bertz CT molecular complexity index is 975. The highest BCUT2D eigenvalue weighted by Crippen LogP contribution is 2.27. The van der Waals surface area contributed by atoms with E-state index >= 15 is 0 Å². The van der Waals surface area contributed by atoms with Crippen molar-refractivity contribution >= 4 is 51.4 Å². The topological polar surface area (TPSA) is 82.9 Å². The van der Waals surface area contributed by atoms with Crippen LogP contribution in [0.3, 0.4) is 0 Å². The number of urea groups is 1. The van der Waals surface area contributed by atoms with Crippen LogP contribution >= 0.6 is 15.9 Å². The monoisotopic (exact) mass is 443 g/mol. The Labute approximate surface area is 170 Å². The van der Waals surface area contributed by atoms with Gasteiger partial charge in [0.25, 0.3) is 11.8 Å². The molecule has 4 rings (SSSR count). The van der Waals surface area contributed by atoms with E-state index in [0.29, 0.717) is 15.9 Å². The van der Waals surface area contributed by atoms with Gasteiger partial charge in [-0.25, -0.2) is 9.69 Å². The van der Waals surface area contributed by atoms with Crippen molar-refractivity contribution in [1.82, 2.24) is 5.32 Å². The molecule has 0 saturated carbocycles. The zero-order chi connectivity index (χ0) is 19.7. The molecule has 0 bridgehead atoms. The number of nitrogens with one attached hydrogen (secondary N) is 1. The average molecular weight is 444 g/mol. The summed E-state index contributed by atoms with van der Waals surface area (Å²) in [6.07, 6.45) is 4.81. The standard InChI is InChI=1S/C20H18BrN3O4/c21-13-5-4-6-14(11-13)24-19(26)16(18(25)22-20(24)27)12-15-7-8-17(28-15)23-9-2-1-3-10-23/h4-8,11-12H,1-3,9-10H2,(H,22,25,27). The van der Waals surface area contributed by atoms with Crippen molar-refractivity contribution in [3.63, 3.8) is 0 Å². The number of imide groups is 2. The Morgan fingerprint density at radius 2 is 1.82 bits per heavy atom. The highest BCUT2D eigenvalue weighted by molar-refractivity contribution is 9.10. The lowest BCUT2D eigenvalue weighted by atomic mass is 10.1. The summed E-state index contributed by atoms with van der Waals surface area (Å²) in [6, 6.07) is 9.51. The third-order valence-electron chi connectivity index (χ3n) is 4.74. The summed E-state index contributed by atoms with van der Waals surface area (Å²) < 4.78 is 6.53. The van der Waals surface area contributed by atoms with Crippen molar-refractivity contribution in [2.24, 2.45) is 0 Å². The summed E-state index contributed by atoms with van der Waals surface area (Å²) in [4.78, 5) is 40.5. The fourth-order valence-electron chi connectivity index (χ4n) is 3.35. The minimum atomic E-state index is -0.779. The van der Waals surface area contributed by atoms with Crippen LogP contribution in [0.25, 0.3) is 6.08 Å². The zero-order valence-electron chi connectivity index (χ0n) is 15.0. The Kier molecular flexibility index (Phi) is 5.04. The fourth-order valence-corrected chi connectivity index (χ4v) is 3.74. The lowest BCUT2D eigenvalue weighted by molar-refractivity contribution is -0.122. The van der Waals surface area contributed by atoms with E-state index in [4.69, 9.17) is 4.42 Å². The van der Waals surface area contributed by atoms with E-state index < -0.39 is 17.8 Å². The second-order valence-electron chi connectivity index (χ2n) is 6.66. The van der Waals surface area contributed by atoms with Gasteiger partial charge in [-0.05, 0) is 49.6 Å². The molecule has 0 aliphatic carbocycles. The van der Waals surface area contributed by atoms with Crippen LogP contribution < -0.4 is 15.1 Å². The number of hydrogen-bond acceptors (Lipinski definition) is 5. The van der Waals surface area contributed by atoms with Crippen LogP contribution in [0.15, 0.2) is 50.9 Å². The van der Waals surface area contributed by atoms with E-state index in [1.54, 1.807) is 30.3 Å². The van der Waals surface area contributed by atoms with Crippen LogP contribution in [0.1, 0.15) is 25.0 Å². The first-order valence-electron chi connectivity index (χ1n) is 9.05. The highest BCUT2D eigenvalue weighted by Gasteiger charge is 2.37. The number of benzene rings is 1. The Morgan fingerprint density at radius 1 is 1.04 bits per heavy atom. The van der Waals surface area contributed by atoms with Gasteiger partial charge in [-0.2, -0.15) is 0 Å². The summed E-state index contributed by atoms with van der Waals surface area (Å²) in [5.41, 5.74) is 0.211. The maximum atomic E-state index is 12.9. The smallest absolute Gasteiger partial charge is 0.335 e. The fraction of sp³-hybridized carbons (Fsp3) is 0.250. The number of halogens is 1. The predicted molar refractivity (Wildman–Crippen MR) is 108 cm³/mol. The quantitative estimate of drug-likeness (QED) is 0.577. The van der Waals surface area contributed by atoms with Gasteiger partial charge < -0.3 is 9.32 Å².